The Balaban J connectivity index is 1.89. The molecule has 1 amide bonds. The van der Waals surface area contributed by atoms with E-state index < -0.39 is 0 Å². The van der Waals surface area contributed by atoms with Gasteiger partial charge in [-0.3, -0.25) is 9.69 Å². The Hall–Kier alpha value is -2.37. The number of aliphatic hydroxyl groups excluding tert-OH is 1. The van der Waals surface area contributed by atoms with Crippen LogP contribution in [0.2, 0.25) is 10.0 Å². The number of benzene rings is 3. The first-order valence-corrected chi connectivity index (χ1v) is 10.5. The third-order valence-corrected chi connectivity index (χ3v) is 5.40. The topological polar surface area (TPSA) is 52.6 Å². The lowest BCUT2D eigenvalue weighted by Crippen LogP contribution is -2.38. The molecule has 0 atom stereocenters. The lowest BCUT2D eigenvalue weighted by molar-refractivity contribution is -0.117. The molecule has 0 saturated heterocycles. The first-order chi connectivity index (χ1) is 14.6. The first-order valence-electron chi connectivity index (χ1n) is 9.79. The van der Waals surface area contributed by atoms with Crippen LogP contribution in [0, 0.1) is 0 Å². The van der Waals surface area contributed by atoms with Crippen molar-refractivity contribution in [2.75, 3.05) is 25.0 Å². The minimum Gasteiger partial charge on any atom is -0.396 e. The number of aliphatic hydroxyl groups is 1. The first kappa shape index (κ1) is 22.3. The second-order valence-corrected chi connectivity index (χ2v) is 7.73. The van der Waals surface area contributed by atoms with Crippen LogP contribution in [0.3, 0.4) is 0 Å². The predicted octanol–water partition coefficient (Wildman–Crippen LogP) is 5.41. The predicted molar refractivity (Wildman–Crippen MR) is 123 cm³/mol. The molecule has 3 rings (SSSR count). The van der Waals surface area contributed by atoms with E-state index >= 15 is 0 Å². The van der Waals surface area contributed by atoms with Gasteiger partial charge in [0.2, 0.25) is 5.91 Å². The monoisotopic (exact) mass is 442 g/mol. The number of rotatable bonds is 9. The quantitative estimate of drug-likeness (QED) is 0.465. The normalized spacial score (nSPS) is 11.1. The Bertz CT molecular complexity index is 892. The van der Waals surface area contributed by atoms with Gasteiger partial charge in [0, 0.05) is 13.2 Å². The van der Waals surface area contributed by atoms with E-state index in [4.69, 9.17) is 23.2 Å². The molecule has 0 saturated carbocycles. The van der Waals surface area contributed by atoms with Crippen molar-refractivity contribution in [1.82, 2.24) is 4.90 Å². The van der Waals surface area contributed by atoms with E-state index in [-0.39, 0.29) is 25.1 Å². The van der Waals surface area contributed by atoms with Gasteiger partial charge >= 0.3 is 0 Å². The van der Waals surface area contributed by atoms with Crippen molar-refractivity contribution in [1.29, 1.82) is 0 Å². The van der Waals surface area contributed by atoms with E-state index in [1.165, 1.54) is 0 Å². The minimum atomic E-state index is -0.222. The summed E-state index contributed by atoms with van der Waals surface area (Å²) < 4.78 is 0. The Kier molecular flexibility index (Phi) is 8.29. The molecule has 0 radical (unpaired) electrons. The second-order valence-electron chi connectivity index (χ2n) is 6.92. The summed E-state index contributed by atoms with van der Waals surface area (Å²) in [6, 6.07) is 25.0. The summed E-state index contributed by atoms with van der Waals surface area (Å²) >= 11 is 12.4. The fourth-order valence-electron chi connectivity index (χ4n) is 3.44. The van der Waals surface area contributed by atoms with E-state index in [0.717, 1.165) is 11.1 Å². The van der Waals surface area contributed by atoms with E-state index in [9.17, 15) is 9.90 Å². The smallest absolute Gasteiger partial charge is 0.238 e. The maximum Gasteiger partial charge on any atom is 0.238 e. The van der Waals surface area contributed by atoms with Gasteiger partial charge in [0.15, 0.2) is 0 Å². The molecule has 6 heteroatoms. The number of nitrogens with one attached hydrogen (secondary N) is 1. The summed E-state index contributed by atoms with van der Waals surface area (Å²) in [5.41, 5.74) is 2.55. The fraction of sp³-hybridized carbons (Fsp3) is 0.208. The number of carbonyl (C=O) groups is 1. The number of anilines is 1. The summed E-state index contributed by atoms with van der Waals surface area (Å²) in [5, 5.41) is 13.0. The highest BCUT2D eigenvalue weighted by molar-refractivity contribution is 6.39. The van der Waals surface area contributed by atoms with E-state index in [2.05, 4.69) is 10.2 Å². The lowest BCUT2D eigenvalue weighted by Gasteiger charge is -2.32. The van der Waals surface area contributed by atoms with Gasteiger partial charge in [0.05, 0.1) is 28.3 Å². The SMILES string of the molecule is O=C(CN(CCCO)C(c1ccccc1)c1ccccc1)Nc1c(Cl)cccc1Cl. The second kappa shape index (κ2) is 11.1. The van der Waals surface area contributed by atoms with Crippen LogP contribution >= 0.6 is 23.2 Å². The van der Waals surface area contributed by atoms with Gasteiger partial charge in [-0.15, -0.1) is 0 Å². The van der Waals surface area contributed by atoms with Crippen LogP contribution in [0.5, 0.6) is 0 Å². The van der Waals surface area contributed by atoms with Crippen molar-refractivity contribution in [3.8, 4) is 0 Å². The maximum atomic E-state index is 12.9. The van der Waals surface area contributed by atoms with Crippen LogP contribution in [0.15, 0.2) is 78.9 Å². The largest absolute Gasteiger partial charge is 0.396 e. The fourth-order valence-corrected chi connectivity index (χ4v) is 3.93. The Morgan fingerprint density at radius 2 is 1.40 bits per heavy atom. The van der Waals surface area contributed by atoms with Gasteiger partial charge in [-0.1, -0.05) is 89.9 Å². The van der Waals surface area contributed by atoms with Gasteiger partial charge in [-0.2, -0.15) is 0 Å². The van der Waals surface area contributed by atoms with Crippen molar-refractivity contribution in [3.63, 3.8) is 0 Å². The maximum absolute atomic E-state index is 12.9. The van der Waals surface area contributed by atoms with Crippen LogP contribution in [-0.2, 0) is 4.79 Å². The molecular weight excluding hydrogens is 419 g/mol. The molecule has 0 aliphatic rings. The highest BCUT2D eigenvalue weighted by atomic mass is 35.5. The number of hydrogen-bond donors (Lipinski definition) is 2. The van der Waals surface area contributed by atoms with Crippen molar-refractivity contribution < 1.29 is 9.90 Å². The molecule has 156 valence electrons. The standard InChI is InChI=1S/C24H24Cl2N2O2/c25-20-13-7-14-21(26)23(20)27-22(30)17-28(15-8-16-29)24(18-9-3-1-4-10-18)19-11-5-2-6-12-19/h1-7,9-14,24,29H,8,15-17H2,(H,27,30). The van der Waals surface area contributed by atoms with Crippen molar-refractivity contribution in [2.24, 2.45) is 0 Å². The third-order valence-electron chi connectivity index (χ3n) is 4.77. The summed E-state index contributed by atoms with van der Waals surface area (Å²) in [5.74, 6) is -0.222. The van der Waals surface area contributed by atoms with Crippen LogP contribution in [0.4, 0.5) is 5.69 Å². The van der Waals surface area contributed by atoms with Crippen molar-refractivity contribution in [3.05, 3.63) is 100 Å². The summed E-state index contributed by atoms with van der Waals surface area (Å²) in [6.07, 6.45) is 0.552. The number of hydrogen-bond acceptors (Lipinski definition) is 3. The van der Waals surface area contributed by atoms with Crippen molar-refractivity contribution in [2.45, 2.75) is 12.5 Å². The van der Waals surface area contributed by atoms with Crippen LogP contribution in [0.25, 0.3) is 0 Å². The van der Waals surface area contributed by atoms with Crippen LogP contribution in [-0.4, -0.2) is 35.6 Å². The molecule has 0 spiro atoms. The highest BCUT2D eigenvalue weighted by Gasteiger charge is 2.24. The van der Waals surface area contributed by atoms with E-state index in [0.29, 0.717) is 28.7 Å². The van der Waals surface area contributed by atoms with Gasteiger partial charge < -0.3 is 10.4 Å². The molecule has 0 aromatic heterocycles. The highest BCUT2D eigenvalue weighted by Crippen LogP contribution is 2.31. The van der Waals surface area contributed by atoms with Crippen LogP contribution in [0.1, 0.15) is 23.6 Å². The molecule has 0 fully saturated rings. The van der Waals surface area contributed by atoms with Crippen LogP contribution < -0.4 is 5.32 Å². The Morgan fingerprint density at radius 3 is 1.90 bits per heavy atom. The van der Waals surface area contributed by atoms with E-state index in [1.807, 2.05) is 60.7 Å². The molecule has 0 aliphatic heterocycles. The molecule has 2 N–H and O–H groups in total. The molecule has 0 bridgehead atoms. The minimum absolute atomic E-state index is 0.0464. The van der Waals surface area contributed by atoms with Gasteiger partial charge in [-0.25, -0.2) is 0 Å². The molecule has 0 unspecified atom stereocenters. The summed E-state index contributed by atoms with van der Waals surface area (Å²) in [6.45, 7) is 0.718. The molecule has 0 aliphatic carbocycles. The van der Waals surface area contributed by atoms with Gasteiger partial charge in [-0.05, 0) is 29.7 Å². The zero-order valence-electron chi connectivity index (χ0n) is 16.5. The average molecular weight is 443 g/mol. The molecule has 30 heavy (non-hydrogen) atoms. The van der Waals surface area contributed by atoms with Gasteiger partial charge in [0.25, 0.3) is 0 Å². The Labute approximate surface area is 187 Å². The molecule has 3 aromatic rings. The molecule has 3 aromatic carbocycles. The Morgan fingerprint density at radius 1 is 0.867 bits per heavy atom. The lowest BCUT2D eigenvalue weighted by atomic mass is 9.96. The van der Waals surface area contributed by atoms with Gasteiger partial charge in [0.1, 0.15) is 0 Å². The van der Waals surface area contributed by atoms with Crippen molar-refractivity contribution >= 4 is 34.8 Å². The zero-order valence-corrected chi connectivity index (χ0v) is 18.0. The summed E-state index contributed by atoms with van der Waals surface area (Å²) in [4.78, 5) is 15.0. The number of nitrogens with zero attached hydrogens (tertiary/aromatic N) is 1. The third kappa shape index (κ3) is 5.83. The molecule has 0 heterocycles. The average Bonchev–Trinajstić information content (AvgIpc) is 2.76. The molecule has 4 nitrogen and oxygen atoms in total. The number of carbonyl (C=O) groups excluding carboxylic acids is 1. The molecular formula is C24H24Cl2N2O2. The number of halogens is 2. The summed E-state index contributed by atoms with van der Waals surface area (Å²) in [7, 11) is 0. The number of para-hydroxylation sites is 1. The van der Waals surface area contributed by atoms with E-state index in [1.54, 1.807) is 18.2 Å². The number of amides is 1. The zero-order chi connectivity index (χ0) is 21.3.